The molecule has 5 heteroatoms. The van der Waals surface area contributed by atoms with E-state index in [1.807, 2.05) is 26.0 Å². The highest BCUT2D eigenvalue weighted by atomic mass is 16.5. The lowest BCUT2D eigenvalue weighted by molar-refractivity contribution is -0.117. The molecule has 0 bridgehead atoms. The van der Waals surface area contributed by atoms with Crippen LogP contribution in [0.5, 0.6) is 0 Å². The fraction of sp³-hybridized carbons (Fsp3) is 0.533. The van der Waals surface area contributed by atoms with E-state index in [1.54, 1.807) is 6.07 Å². The van der Waals surface area contributed by atoms with Crippen molar-refractivity contribution in [2.75, 3.05) is 37.3 Å². The summed E-state index contributed by atoms with van der Waals surface area (Å²) in [5.41, 5.74) is 8.30. The van der Waals surface area contributed by atoms with Crippen molar-refractivity contribution in [2.24, 2.45) is 0 Å². The van der Waals surface area contributed by atoms with E-state index in [0.29, 0.717) is 12.2 Å². The van der Waals surface area contributed by atoms with Gasteiger partial charge in [0.25, 0.3) is 0 Å². The third-order valence-electron chi connectivity index (χ3n) is 3.47. The summed E-state index contributed by atoms with van der Waals surface area (Å²) in [6.07, 6.45) is 1.15. The maximum Gasteiger partial charge on any atom is 0.238 e. The van der Waals surface area contributed by atoms with Crippen LogP contribution in [0.4, 0.5) is 11.4 Å². The molecule has 1 saturated heterocycles. The molecule has 3 N–H and O–H groups in total. The van der Waals surface area contributed by atoms with Crippen molar-refractivity contribution >= 4 is 17.3 Å². The molecule has 2 rings (SSSR count). The lowest BCUT2D eigenvalue weighted by atomic mass is 10.2. The van der Waals surface area contributed by atoms with Gasteiger partial charge in [-0.2, -0.15) is 0 Å². The Morgan fingerprint density at radius 1 is 1.55 bits per heavy atom. The SMILES string of the molecule is Cc1ccc(NC(=O)CN2CCCOC(C)C2)cc1N. The first kappa shape index (κ1) is 14.8. The second-order valence-electron chi connectivity index (χ2n) is 5.39. The third kappa shape index (κ3) is 4.21. The lowest BCUT2D eigenvalue weighted by Gasteiger charge is -2.21. The first-order chi connectivity index (χ1) is 9.54. The number of hydrogen-bond donors (Lipinski definition) is 2. The van der Waals surface area contributed by atoms with Crippen molar-refractivity contribution in [2.45, 2.75) is 26.4 Å². The number of amides is 1. The summed E-state index contributed by atoms with van der Waals surface area (Å²) >= 11 is 0. The predicted molar refractivity (Wildman–Crippen MR) is 80.7 cm³/mol. The van der Waals surface area contributed by atoms with Gasteiger partial charge in [-0.05, 0) is 38.0 Å². The summed E-state index contributed by atoms with van der Waals surface area (Å²) in [7, 11) is 0. The Kier molecular flexibility index (Phi) is 4.98. The quantitative estimate of drug-likeness (QED) is 0.824. The van der Waals surface area contributed by atoms with Gasteiger partial charge in [0.2, 0.25) is 5.91 Å². The molecule has 0 aromatic heterocycles. The molecule has 1 aromatic rings. The molecule has 1 heterocycles. The number of nitrogen functional groups attached to an aromatic ring is 1. The van der Waals surface area contributed by atoms with Gasteiger partial charge in [0, 0.05) is 31.1 Å². The topological polar surface area (TPSA) is 67.6 Å². The summed E-state index contributed by atoms with van der Waals surface area (Å²) < 4.78 is 5.57. The van der Waals surface area contributed by atoms with E-state index in [-0.39, 0.29) is 12.0 Å². The molecule has 0 spiro atoms. The van der Waals surface area contributed by atoms with Crippen LogP contribution in [0.25, 0.3) is 0 Å². The first-order valence-electron chi connectivity index (χ1n) is 7.04. The van der Waals surface area contributed by atoms with Crippen LogP contribution in [0.2, 0.25) is 0 Å². The molecule has 1 aliphatic rings. The number of carbonyl (C=O) groups excluding carboxylic acids is 1. The van der Waals surface area contributed by atoms with Gasteiger partial charge in [-0.1, -0.05) is 6.07 Å². The molecular weight excluding hydrogens is 254 g/mol. The van der Waals surface area contributed by atoms with Crippen molar-refractivity contribution in [1.82, 2.24) is 4.90 Å². The van der Waals surface area contributed by atoms with Gasteiger partial charge in [-0.3, -0.25) is 9.69 Å². The Balaban J connectivity index is 1.89. The van der Waals surface area contributed by atoms with Crippen LogP contribution in [0.3, 0.4) is 0 Å². The van der Waals surface area contributed by atoms with Crippen LogP contribution in [-0.4, -0.2) is 43.2 Å². The van der Waals surface area contributed by atoms with E-state index in [9.17, 15) is 4.79 Å². The van der Waals surface area contributed by atoms with Crippen molar-refractivity contribution in [3.63, 3.8) is 0 Å². The fourth-order valence-electron chi connectivity index (χ4n) is 2.35. The minimum atomic E-state index is -0.0117. The molecule has 1 unspecified atom stereocenters. The van der Waals surface area contributed by atoms with Crippen LogP contribution in [0, 0.1) is 6.92 Å². The molecule has 20 heavy (non-hydrogen) atoms. The Bertz CT molecular complexity index is 476. The van der Waals surface area contributed by atoms with E-state index < -0.39 is 0 Å². The van der Waals surface area contributed by atoms with Gasteiger partial charge in [-0.25, -0.2) is 0 Å². The van der Waals surface area contributed by atoms with Gasteiger partial charge in [0.15, 0.2) is 0 Å². The zero-order valence-electron chi connectivity index (χ0n) is 12.2. The molecule has 1 aromatic carbocycles. The second kappa shape index (κ2) is 6.72. The molecule has 1 atom stereocenters. The number of benzene rings is 1. The van der Waals surface area contributed by atoms with Crippen molar-refractivity contribution in [1.29, 1.82) is 0 Å². The standard InChI is InChI=1S/C15H23N3O2/c1-11-4-5-13(8-14(11)16)17-15(19)10-18-6-3-7-20-12(2)9-18/h4-5,8,12H,3,6-7,9-10,16H2,1-2H3,(H,17,19). The number of hydrogen-bond acceptors (Lipinski definition) is 4. The van der Waals surface area contributed by atoms with Gasteiger partial charge in [0.1, 0.15) is 0 Å². The lowest BCUT2D eigenvalue weighted by Crippen LogP contribution is -2.37. The number of nitrogens with two attached hydrogens (primary N) is 1. The van der Waals surface area contributed by atoms with Crippen molar-refractivity contribution < 1.29 is 9.53 Å². The van der Waals surface area contributed by atoms with Gasteiger partial charge >= 0.3 is 0 Å². The van der Waals surface area contributed by atoms with Crippen LogP contribution < -0.4 is 11.1 Å². The highest BCUT2D eigenvalue weighted by molar-refractivity contribution is 5.92. The number of nitrogens with zero attached hydrogens (tertiary/aromatic N) is 1. The van der Waals surface area contributed by atoms with Crippen molar-refractivity contribution in [3.8, 4) is 0 Å². The number of anilines is 2. The van der Waals surface area contributed by atoms with Crippen LogP contribution in [0.1, 0.15) is 18.9 Å². The van der Waals surface area contributed by atoms with E-state index in [1.165, 1.54) is 0 Å². The molecular formula is C15H23N3O2. The Morgan fingerprint density at radius 2 is 2.35 bits per heavy atom. The van der Waals surface area contributed by atoms with E-state index in [2.05, 4.69) is 10.2 Å². The number of carbonyl (C=O) groups is 1. The fourth-order valence-corrected chi connectivity index (χ4v) is 2.35. The Morgan fingerprint density at radius 3 is 3.10 bits per heavy atom. The average molecular weight is 277 g/mol. The van der Waals surface area contributed by atoms with Crippen LogP contribution in [-0.2, 0) is 9.53 Å². The Labute approximate surface area is 120 Å². The molecule has 110 valence electrons. The second-order valence-corrected chi connectivity index (χ2v) is 5.39. The normalized spacial score (nSPS) is 20.4. The highest BCUT2D eigenvalue weighted by Gasteiger charge is 2.17. The largest absolute Gasteiger partial charge is 0.398 e. The van der Waals surface area contributed by atoms with Gasteiger partial charge in [-0.15, -0.1) is 0 Å². The van der Waals surface area contributed by atoms with Crippen LogP contribution in [0.15, 0.2) is 18.2 Å². The summed E-state index contributed by atoms with van der Waals surface area (Å²) in [6, 6.07) is 5.58. The number of nitrogens with one attached hydrogen (secondary N) is 1. The zero-order chi connectivity index (χ0) is 14.5. The van der Waals surface area contributed by atoms with E-state index in [4.69, 9.17) is 10.5 Å². The zero-order valence-corrected chi connectivity index (χ0v) is 12.2. The van der Waals surface area contributed by atoms with E-state index >= 15 is 0 Å². The number of aryl methyl sites for hydroxylation is 1. The summed E-state index contributed by atoms with van der Waals surface area (Å²) in [4.78, 5) is 14.2. The molecule has 0 radical (unpaired) electrons. The maximum absolute atomic E-state index is 12.1. The van der Waals surface area contributed by atoms with Gasteiger partial charge < -0.3 is 15.8 Å². The number of rotatable bonds is 3. The predicted octanol–water partition coefficient (Wildman–Crippen LogP) is 1.63. The molecule has 1 fully saturated rings. The molecule has 1 aliphatic heterocycles. The molecule has 1 amide bonds. The first-order valence-corrected chi connectivity index (χ1v) is 7.04. The molecule has 0 aliphatic carbocycles. The highest BCUT2D eigenvalue weighted by Crippen LogP contribution is 2.17. The Hall–Kier alpha value is -1.59. The minimum Gasteiger partial charge on any atom is -0.398 e. The molecule has 0 saturated carbocycles. The summed E-state index contributed by atoms with van der Waals surface area (Å²) in [5.74, 6) is -0.0117. The smallest absolute Gasteiger partial charge is 0.238 e. The van der Waals surface area contributed by atoms with Crippen molar-refractivity contribution in [3.05, 3.63) is 23.8 Å². The van der Waals surface area contributed by atoms with E-state index in [0.717, 1.165) is 37.4 Å². The molecule has 5 nitrogen and oxygen atoms in total. The third-order valence-corrected chi connectivity index (χ3v) is 3.47. The summed E-state index contributed by atoms with van der Waals surface area (Å²) in [5, 5.41) is 2.89. The monoisotopic (exact) mass is 277 g/mol. The maximum atomic E-state index is 12.1. The van der Waals surface area contributed by atoms with Gasteiger partial charge in [0.05, 0.1) is 12.6 Å². The number of ether oxygens (including phenoxy) is 1. The van der Waals surface area contributed by atoms with Crippen LogP contribution >= 0.6 is 0 Å². The minimum absolute atomic E-state index is 0.0117. The average Bonchev–Trinajstić information content (AvgIpc) is 2.58. The summed E-state index contributed by atoms with van der Waals surface area (Å²) in [6.45, 7) is 6.84.